The first-order chi connectivity index (χ1) is 14.0. The summed E-state index contributed by atoms with van der Waals surface area (Å²) >= 11 is 0. The van der Waals surface area contributed by atoms with E-state index in [0.29, 0.717) is 0 Å². The van der Waals surface area contributed by atoms with Gasteiger partial charge in [-0.15, -0.1) is 0 Å². The molecule has 1 amide bonds. The van der Waals surface area contributed by atoms with E-state index in [1.54, 1.807) is 18.1 Å². The van der Waals surface area contributed by atoms with Crippen molar-refractivity contribution in [3.05, 3.63) is 48.3 Å². The molecule has 4 rings (SSSR count). The number of hydrogen-bond donors (Lipinski definition) is 1. The first-order valence-electron chi connectivity index (χ1n) is 10.4. The Bertz CT molecular complexity index is 1010. The minimum atomic E-state index is -0.605. The molecule has 2 heterocycles. The Morgan fingerprint density at radius 2 is 2.10 bits per heavy atom. The highest BCUT2D eigenvalue weighted by atomic mass is 16.3. The van der Waals surface area contributed by atoms with E-state index in [1.165, 1.54) is 0 Å². The molecule has 7 heteroatoms. The summed E-state index contributed by atoms with van der Waals surface area (Å²) in [5, 5.41) is 10.9. The van der Waals surface area contributed by atoms with Gasteiger partial charge in [0.2, 0.25) is 5.91 Å². The molecule has 1 saturated carbocycles. The number of benzene rings is 1. The zero-order valence-electron chi connectivity index (χ0n) is 17.3. The lowest BCUT2D eigenvalue weighted by Gasteiger charge is -2.29. The maximum absolute atomic E-state index is 13.2. The van der Waals surface area contributed by atoms with Crippen LogP contribution < -0.4 is 0 Å². The molecular formula is C22H29N5O2. The van der Waals surface area contributed by atoms with Crippen molar-refractivity contribution in [3.63, 3.8) is 0 Å². The second-order valence-corrected chi connectivity index (χ2v) is 7.94. The number of likely N-dealkylation sites (N-methyl/N-ethyl adjacent to an activating group) is 1. The standard InChI is InChI=1S/C22H29N5O2/c1-4-7-20-24-16-8-5-6-9-17(16)27(20)14-21(28)25(3)18-10-11-19(22(18)29)26-13-12-23-15(26)2/h5-6,8-9,12-13,18-19,22,29H,4,7,10-11,14H2,1-3H3/t18-,19-,22-/m1/s1. The van der Waals surface area contributed by atoms with Gasteiger partial charge in [0.15, 0.2) is 0 Å². The predicted octanol–water partition coefficient (Wildman–Crippen LogP) is 2.72. The number of aromatic nitrogens is 4. The minimum absolute atomic E-state index is 0.00226. The number of aryl methyl sites for hydroxylation is 2. The summed E-state index contributed by atoms with van der Waals surface area (Å²) in [6.07, 6.45) is 6.46. The van der Waals surface area contributed by atoms with Crippen LogP contribution >= 0.6 is 0 Å². The number of hydrogen-bond acceptors (Lipinski definition) is 4. The summed E-state index contributed by atoms with van der Waals surface area (Å²) in [5.41, 5.74) is 1.90. The Balaban J connectivity index is 1.53. The maximum Gasteiger partial charge on any atom is 0.242 e. The zero-order valence-corrected chi connectivity index (χ0v) is 17.3. The van der Waals surface area contributed by atoms with E-state index < -0.39 is 6.10 Å². The second-order valence-electron chi connectivity index (χ2n) is 7.94. The number of aliphatic hydroxyl groups excluding tert-OH is 1. The fourth-order valence-corrected chi connectivity index (χ4v) is 4.55. The lowest BCUT2D eigenvalue weighted by Crippen LogP contribution is -2.44. The third-order valence-electron chi connectivity index (χ3n) is 6.16. The summed E-state index contributed by atoms with van der Waals surface area (Å²) in [7, 11) is 1.80. The van der Waals surface area contributed by atoms with Gasteiger partial charge in [0.05, 0.1) is 29.2 Å². The highest BCUT2D eigenvalue weighted by Crippen LogP contribution is 2.34. The van der Waals surface area contributed by atoms with Crippen molar-refractivity contribution in [2.24, 2.45) is 0 Å². The van der Waals surface area contributed by atoms with E-state index in [-0.39, 0.29) is 24.5 Å². The Labute approximate surface area is 171 Å². The van der Waals surface area contributed by atoms with Gasteiger partial charge in [-0.2, -0.15) is 0 Å². The van der Waals surface area contributed by atoms with Crippen LogP contribution in [0.25, 0.3) is 11.0 Å². The van der Waals surface area contributed by atoms with E-state index in [4.69, 9.17) is 4.98 Å². The van der Waals surface area contributed by atoms with Crippen molar-refractivity contribution in [3.8, 4) is 0 Å². The van der Waals surface area contributed by atoms with Gasteiger partial charge in [-0.05, 0) is 38.3 Å². The largest absolute Gasteiger partial charge is 0.389 e. The van der Waals surface area contributed by atoms with E-state index in [9.17, 15) is 9.90 Å². The highest BCUT2D eigenvalue weighted by molar-refractivity contribution is 5.81. The smallest absolute Gasteiger partial charge is 0.242 e. The molecule has 0 bridgehead atoms. The number of rotatable bonds is 6. The van der Waals surface area contributed by atoms with E-state index >= 15 is 0 Å². The number of amides is 1. The molecule has 29 heavy (non-hydrogen) atoms. The van der Waals surface area contributed by atoms with Crippen LogP contribution in [0.4, 0.5) is 0 Å². The van der Waals surface area contributed by atoms with E-state index in [0.717, 1.165) is 48.4 Å². The third-order valence-corrected chi connectivity index (χ3v) is 6.16. The lowest BCUT2D eigenvalue weighted by molar-refractivity contribution is -0.134. The van der Waals surface area contributed by atoms with Crippen LogP contribution in [0.3, 0.4) is 0 Å². The van der Waals surface area contributed by atoms with Crippen molar-refractivity contribution in [1.29, 1.82) is 0 Å². The average molecular weight is 396 g/mol. The van der Waals surface area contributed by atoms with Crippen LogP contribution in [0, 0.1) is 6.92 Å². The van der Waals surface area contributed by atoms with Crippen molar-refractivity contribution in [1.82, 2.24) is 24.0 Å². The van der Waals surface area contributed by atoms with Gasteiger partial charge in [-0.3, -0.25) is 4.79 Å². The molecule has 3 atom stereocenters. The lowest BCUT2D eigenvalue weighted by atomic mass is 10.1. The van der Waals surface area contributed by atoms with Crippen molar-refractivity contribution in [2.75, 3.05) is 7.05 Å². The summed E-state index contributed by atoms with van der Waals surface area (Å²) in [5.74, 6) is 1.82. The second kappa shape index (κ2) is 7.99. The molecule has 0 unspecified atom stereocenters. The monoisotopic (exact) mass is 395 g/mol. The number of carbonyl (C=O) groups is 1. The number of aliphatic hydroxyl groups is 1. The summed E-state index contributed by atoms with van der Waals surface area (Å²) in [4.78, 5) is 23.9. The molecule has 0 saturated heterocycles. The van der Waals surface area contributed by atoms with Crippen molar-refractivity contribution in [2.45, 2.75) is 64.3 Å². The van der Waals surface area contributed by atoms with Gasteiger partial charge in [-0.1, -0.05) is 19.1 Å². The Morgan fingerprint density at radius 1 is 1.31 bits per heavy atom. The fourth-order valence-electron chi connectivity index (χ4n) is 4.55. The molecule has 1 fully saturated rings. The van der Waals surface area contributed by atoms with Gasteiger partial charge in [-0.25, -0.2) is 9.97 Å². The molecule has 1 aliphatic rings. The van der Waals surface area contributed by atoms with Gasteiger partial charge < -0.3 is 19.1 Å². The summed E-state index contributed by atoms with van der Waals surface area (Å²) in [6.45, 7) is 4.30. The van der Waals surface area contributed by atoms with E-state index in [2.05, 4.69) is 11.9 Å². The number of nitrogens with zero attached hydrogens (tertiary/aromatic N) is 5. The molecule has 0 aliphatic heterocycles. The summed E-state index contributed by atoms with van der Waals surface area (Å²) < 4.78 is 4.04. The van der Waals surface area contributed by atoms with Gasteiger partial charge in [0, 0.05) is 25.9 Å². The van der Waals surface area contributed by atoms with Crippen LogP contribution in [0.2, 0.25) is 0 Å². The van der Waals surface area contributed by atoms with Crippen LogP contribution in [0.15, 0.2) is 36.7 Å². The van der Waals surface area contributed by atoms with Gasteiger partial charge >= 0.3 is 0 Å². The molecule has 2 aromatic heterocycles. The Hall–Kier alpha value is -2.67. The highest BCUT2D eigenvalue weighted by Gasteiger charge is 2.40. The van der Waals surface area contributed by atoms with Gasteiger partial charge in [0.1, 0.15) is 18.2 Å². The molecule has 1 aliphatic carbocycles. The fraction of sp³-hybridized carbons (Fsp3) is 0.500. The first kappa shape index (κ1) is 19.6. The van der Waals surface area contributed by atoms with Crippen LogP contribution in [0.1, 0.15) is 43.9 Å². The van der Waals surface area contributed by atoms with Crippen molar-refractivity contribution >= 4 is 16.9 Å². The Kier molecular flexibility index (Phi) is 5.41. The molecule has 1 N–H and O–H groups in total. The molecule has 1 aromatic carbocycles. The van der Waals surface area contributed by atoms with Crippen LogP contribution in [-0.2, 0) is 17.8 Å². The zero-order chi connectivity index (χ0) is 20.5. The molecular weight excluding hydrogens is 366 g/mol. The van der Waals surface area contributed by atoms with Crippen molar-refractivity contribution < 1.29 is 9.90 Å². The Morgan fingerprint density at radius 3 is 2.83 bits per heavy atom. The first-order valence-corrected chi connectivity index (χ1v) is 10.4. The normalized spacial score (nSPS) is 21.7. The summed E-state index contributed by atoms with van der Waals surface area (Å²) in [6, 6.07) is 7.70. The molecule has 0 spiro atoms. The van der Waals surface area contributed by atoms with E-state index in [1.807, 2.05) is 46.5 Å². The number of imidazole rings is 2. The third kappa shape index (κ3) is 3.55. The number of fused-ring (bicyclic) bond motifs is 1. The average Bonchev–Trinajstić information content (AvgIpc) is 3.39. The number of carbonyl (C=O) groups excluding carboxylic acids is 1. The predicted molar refractivity (Wildman–Crippen MR) is 112 cm³/mol. The molecule has 7 nitrogen and oxygen atoms in total. The van der Waals surface area contributed by atoms with Gasteiger partial charge in [0.25, 0.3) is 0 Å². The molecule has 0 radical (unpaired) electrons. The maximum atomic E-state index is 13.2. The SMILES string of the molecule is CCCc1nc2ccccc2n1CC(=O)N(C)[C@@H]1CC[C@@H](n2ccnc2C)[C@@H]1O. The topological polar surface area (TPSA) is 76.2 Å². The number of para-hydroxylation sites is 2. The molecule has 154 valence electrons. The van der Waals surface area contributed by atoms with Crippen LogP contribution in [-0.4, -0.2) is 54.2 Å². The minimum Gasteiger partial charge on any atom is -0.389 e. The quantitative estimate of drug-likeness (QED) is 0.696. The van der Waals surface area contributed by atoms with Crippen LogP contribution in [0.5, 0.6) is 0 Å². The molecule has 3 aromatic rings.